The number of hydrogen-bond acceptors (Lipinski definition) is 6. The molecular formula is C16H14BrN5O. The fourth-order valence-electron chi connectivity index (χ4n) is 2.66. The normalized spacial score (nSPS) is 15.5. The van der Waals surface area contributed by atoms with Gasteiger partial charge in [-0.1, -0.05) is 33.2 Å². The van der Waals surface area contributed by atoms with Gasteiger partial charge in [-0.15, -0.1) is 0 Å². The summed E-state index contributed by atoms with van der Waals surface area (Å²) in [6.45, 7) is 2.77. The Kier molecular flexibility index (Phi) is 3.88. The Morgan fingerprint density at radius 1 is 1.13 bits per heavy atom. The summed E-state index contributed by atoms with van der Waals surface area (Å²) >= 11 is 3.50. The highest BCUT2D eigenvalue weighted by atomic mass is 79.9. The molecular weight excluding hydrogens is 358 g/mol. The molecule has 0 spiro atoms. The predicted octanol–water partition coefficient (Wildman–Crippen LogP) is 2.89. The van der Waals surface area contributed by atoms with Gasteiger partial charge in [-0.05, 0) is 23.8 Å². The molecule has 0 bridgehead atoms. The van der Waals surface area contributed by atoms with E-state index < -0.39 is 0 Å². The molecule has 0 N–H and O–H groups in total. The topological polar surface area (TPSA) is 67.9 Å². The summed E-state index contributed by atoms with van der Waals surface area (Å²) in [6.07, 6.45) is 3.34. The van der Waals surface area contributed by atoms with Crippen LogP contribution in [-0.2, 0) is 6.54 Å². The maximum Gasteiger partial charge on any atom is 0.240 e. The molecule has 0 radical (unpaired) electrons. The van der Waals surface area contributed by atoms with Crippen molar-refractivity contribution in [1.29, 1.82) is 0 Å². The Hall–Kier alpha value is -2.12. The van der Waals surface area contributed by atoms with Crippen LogP contribution in [0.1, 0.15) is 17.4 Å². The van der Waals surface area contributed by atoms with Gasteiger partial charge in [-0.25, -0.2) is 9.97 Å². The first-order valence-electron chi connectivity index (χ1n) is 7.36. The van der Waals surface area contributed by atoms with E-state index in [9.17, 15) is 0 Å². The number of hydrogen-bond donors (Lipinski definition) is 0. The lowest BCUT2D eigenvalue weighted by Gasteiger charge is -2.37. The Balaban J connectivity index is 1.38. The van der Waals surface area contributed by atoms with Crippen molar-refractivity contribution in [2.75, 3.05) is 13.1 Å². The summed E-state index contributed by atoms with van der Waals surface area (Å²) in [5, 5.41) is 3.97. The van der Waals surface area contributed by atoms with Gasteiger partial charge in [-0.3, -0.25) is 4.90 Å². The molecule has 0 aliphatic carbocycles. The molecule has 0 unspecified atom stereocenters. The number of nitrogens with zero attached hydrogens (tertiary/aromatic N) is 5. The molecule has 4 rings (SSSR count). The van der Waals surface area contributed by atoms with Crippen LogP contribution in [0, 0.1) is 0 Å². The molecule has 6 nitrogen and oxygen atoms in total. The summed E-state index contributed by atoms with van der Waals surface area (Å²) in [7, 11) is 0. The van der Waals surface area contributed by atoms with Crippen LogP contribution in [0.15, 0.2) is 51.7 Å². The van der Waals surface area contributed by atoms with Crippen LogP contribution in [0.3, 0.4) is 0 Å². The van der Waals surface area contributed by atoms with Crippen molar-refractivity contribution in [1.82, 2.24) is 25.0 Å². The van der Waals surface area contributed by atoms with Gasteiger partial charge in [0.1, 0.15) is 0 Å². The minimum atomic E-state index is 0.284. The molecule has 0 amide bonds. The van der Waals surface area contributed by atoms with Gasteiger partial charge >= 0.3 is 0 Å². The van der Waals surface area contributed by atoms with Crippen molar-refractivity contribution >= 4 is 15.9 Å². The second-order valence-electron chi connectivity index (χ2n) is 5.55. The van der Waals surface area contributed by atoms with Gasteiger partial charge in [0.25, 0.3) is 0 Å². The first-order chi connectivity index (χ1) is 11.3. The van der Waals surface area contributed by atoms with Crippen LogP contribution < -0.4 is 0 Å². The number of aromatic nitrogens is 4. The van der Waals surface area contributed by atoms with E-state index in [0.717, 1.165) is 24.1 Å². The molecule has 1 aliphatic rings. The highest BCUT2D eigenvalue weighted by Gasteiger charge is 2.32. The molecule has 3 heterocycles. The zero-order valence-corrected chi connectivity index (χ0v) is 13.8. The highest BCUT2D eigenvalue weighted by molar-refractivity contribution is 9.10. The molecule has 3 aromatic rings. The van der Waals surface area contributed by atoms with Gasteiger partial charge in [-0.2, -0.15) is 4.98 Å². The standard InChI is InChI=1S/C16H14BrN5O/c17-13-4-1-3-11(7-13)8-22-9-12(10-22)16-20-15(21-23-16)14-18-5-2-6-19-14/h1-7,12H,8-10H2. The summed E-state index contributed by atoms with van der Waals surface area (Å²) < 4.78 is 6.47. The van der Waals surface area contributed by atoms with Gasteiger partial charge in [0.15, 0.2) is 0 Å². The summed E-state index contributed by atoms with van der Waals surface area (Å²) in [5.74, 6) is 1.89. The first-order valence-corrected chi connectivity index (χ1v) is 8.15. The molecule has 0 saturated carbocycles. The third-order valence-electron chi connectivity index (χ3n) is 3.81. The monoisotopic (exact) mass is 371 g/mol. The third kappa shape index (κ3) is 3.16. The smallest absolute Gasteiger partial charge is 0.240 e. The SMILES string of the molecule is Brc1cccc(CN2CC(c3nc(-c4ncccn4)no3)C2)c1. The van der Waals surface area contributed by atoms with E-state index in [2.05, 4.69) is 59.1 Å². The van der Waals surface area contributed by atoms with Crippen molar-refractivity contribution < 1.29 is 4.52 Å². The quantitative estimate of drug-likeness (QED) is 0.702. The van der Waals surface area contributed by atoms with E-state index in [0.29, 0.717) is 17.5 Å². The largest absolute Gasteiger partial charge is 0.338 e. The van der Waals surface area contributed by atoms with Crippen LogP contribution in [-0.4, -0.2) is 38.1 Å². The molecule has 23 heavy (non-hydrogen) atoms. The van der Waals surface area contributed by atoms with Gasteiger partial charge in [0.2, 0.25) is 17.5 Å². The van der Waals surface area contributed by atoms with E-state index in [1.165, 1.54) is 5.56 Å². The van der Waals surface area contributed by atoms with Crippen molar-refractivity contribution in [3.63, 3.8) is 0 Å². The molecule has 116 valence electrons. The average Bonchev–Trinajstić information content (AvgIpc) is 3.01. The number of likely N-dealkylation sites (tertiary alicyclic amines) is 1. The lowest BCUT2D eigenvalue weighted by molar-refractivity contribution is 0.117. The van der Waals surface area contributed by atoms with Crippen molar-refractivity contribution in [2.45, 2.75) is 12.5 Å². The van der Waals surface area contributed by atoms with Crippen LogP contribution in [0.2, 0.25) is 0 Å². The number of halogens is 1. The maximum absolute atomic E-state index is 5.37. The molecule has 1 aromatic carbocycles. The second kappa shape index (κ2) is 6.17. The fraction of sp³-hybridized carbons (Fsp3) is 0.250. The Bertz CT molecular complexity index is 801. The second-order valence-corrected chi connectivity index (χ2v) is 6.47. The summed E-state index contributed by atoms with van der Waals surface area (Å²) in [6, 6.07) is 10.1. The molecule has 2 aromatic heterocycles. The van der Waals surface area contributed by atoms with E-state index in [1.54, 1.807) is 18.5 Å². The van der Waals surface area contributed by atoms with Crippen molar-refractivity contribution in [2.24, 2.45) is 0 Å². The number of rotatable bonds is 4. The zero-order valence-electron chi connectivity index (χ0n) is 12.3. The van der Waals surface area contributed by atoms with Crippen LogP contribution in [0.4, 0.5) is 0 Å². The molecule has 1 fully saturated rings. The van der Waals surface area contributed by atoms with Gasteiger partial charge in [0.05, 0.1) is 5.92 Å². The van der Waals surface area contributed by atoms with Crippen molar-refractivity contribution in [3.05, 3.63) is 58.7 Å². The Morgan fingerprint density at radius 3 is 2.74 bits per heavy atom. The predicted molar refractivity (Wildman–Crippen MR) is 87.5 cm³/mol. The van der Waals surface area contributed by atoms with E-state index >= 15 is 0 Å². The summed E-state index contributed by atoms with van der Waals surface area (Å²) in [4.78, 5) is 15.0. The summed E-state index contributed by atoms with van der Waals surface area (Å²) in [5.41, 5.74) is 1.29. The first kappa shape index (κ1) is 14.5. The van der Waals surface area contributed by atoms with Gasteiger partial charge < -0.3 is 4.52 Å². The number of benzene rings is 1. The molecule has 0 atom stereocenters. The molecule has 7 heteroatoms. The zero-order chi connectivity index (χ0) is 15.6. The Labute approximate surface area is 141 Å². The highest BCUT2D eigenvalue weighted by Crippen LogP contribution is 2.28. The third-order valence-corrected chi connectivity index (χ3v) is 4.30. The van der Waals surface area contributed by atoms with Crippen LogP contribution in [0.5, 0.6) is 0 Å². The van der Waals surface area contributed by atoms with Gasteiger partial charge in [0, 0.05) is 36.5 Å². The molecule has 1 saturated heterocycles. The van der Waals surface area contributed by atoms with Crippen LogP contribution >= 0.6 is 15.9 Å². The van der Waals surface area contributed by atoms with E-state index in [1.807, 2.05) is 6.07 Å². The van der Waals surface area contributed by atoms with E-state index in [4.69, 9.17) is 4.52 Å². The van der Waals surface area contributed by atoms with E-state index in [-0.39, 0.29) is 5.92 Å². The lowest BCUT2D eigenvalue weighted by atomic mass is 9.99. The minimum Gasteiger partial charge on any atom is -0.338 e. The Morgan fingerprint density at radius 2 is 1.96 bits per heavy atom. The lowest BCUT2D eigenvalue weighted by Crippen LogP contribution is -2.44. The molecule has 1 aliphatic heterocycles. The minimum absolute atomic E-state index is 0.284. The maximum atomic E-state index is 5.37. The average molecular weight is 372 g/mol. The van der Waals surface area contributed by atoms with Crippen molar-refractivity contribution in [3.8, 4) is 11.6 Å². The van der Waals surface area contributed by atoms with Crippen LogP contribution in [0.25, 0.3) is 11.6 Å². The fourth-order valence-corrected chi connectivity index (χ4v) is 3.10.